The molecule has 0 saturated carbocycles. The predicted octanol–water partition coefficient (Wildman–Crippen LogP) is 2.22. The van der Waals surface area contributed by atoms with E-state index < -0.39 is 10.7 Å². The molecule has 1 fully saturated rings. The molecule has 0 aliphatic carbocycles. The summed E-state index contributed by atoms with van der Waals surface area (Å²) in [6.45, 7) is 4.43. The standard InChI is InChI=1S/C13H17NO6/c1-13(2)19-8-10(20-13)5-6-18-12-7-9(14(16)17)3-4-11(12)15/h3-4,7,10,15H,5-6,8H2,1-2H3. The smallest absolute Gasteiger partial charge is 0.273 e. The third-order valence-corrected chi connectivity index (χ3v) is 2.92. The topological polar surface area (TPSA) is 91.1 Å². The molecular formula is C13H17NO6. The second-order valence-electron chi connectivity index (χ2n) is 5.00. The third-order valence-electron chi connectivity index (χ3n) is 2.92. The number of nitro groups is 1. The van der Waals surface area contributed by atoms with Crippen molar-refractivity contribution in [3.8, 4) is 11.5 Å². The number of nitrogens with zero attached hydrogens (tertiary/aromatic N) is 1. The molecule has 0 aromatic heterocycles. The maximum Gasteiger partial charge on any atom is 0.273 e. The lowest BCUT2D eigenvalue weighted by Gasteiger charge is -2.17. The van der Waals surface area contributed by atoms with Crippen LogP contribution in [0.25, 0.3) is 0 Å². The predicted molar refractivity (Wildman–Crippen MR) is 69.8 cm³/mol. The van der Waals surface area contributed by atoms with E-state index in [4.69, 9.17) is 14.2 Å². The summed E-state index contributed by atoms with van der Waals surface area (Å²) < 4.78 is 16.4. The molecule has 7 nitrogen and oxygen atoms in total. The van der Waals surface area contributed by atoms with Gasteiger partial charge in [-0.15, -0.1) is 0 Å². The third kappa shape index (κ3) is 3.58. The lowest BCUT2D eigenvalue weighted by atomic mass is 10.2. The molecule has 7 heteroatoms. The molecule has 1 aromatic carbocycles. The first-order chi connectivity index (χ1) is 9.37. The summed E-state index contributed by atoms with van der Waals surface area (Å²) in [7, 11) is 0. The van der Waals surface area contributed by atoms with Crippen molar-refractivity contribution in [2.75, 3.05) is 13.2 Å². The van der Waals surface area contributed by atoms with Crippen molar-refractivity contribution in [1.82, 2.24) is 0 Å². The Kier molecular flexibility index (Phi) is 4.10. The van der Waals surface area contributed by atoms with Crippen molar-refractivity contribution < 1.29 is 24.2 Å². The van der Waals surface area contributed by atoms with E-state index in [-0.39, 0.29) is 29.9 Å². The van der Waals surface area contributed by atoms with Crippen LogP contribution < -0.4 is 4.74 Å². The summed E-state index contributed by atoms with van der Waals surface area (Å²) in [6.07, 6.45) is 0.497. The van der Waals surface area contributed by atoms with Gasteiger partial charge in [-0.05, 0) is 19.9 Å². The van der Waals surface area contributed by atoms with Crippen LogP contribution in [0.3, 0.4) is 0 Å². The zero-order chi connectivity index (χ0) is 14.8. The molecule has 20 heavy (non-hydrogen) atoms. The van der Waals surface area contributed by atoms with Gasteiger partial charge in [0.1, 0.15) is 0 Å². The molecule has 1 aromatic rings. The maximum atomic E-state index is 10.7. The van der Waals surface area contributed by atoms with Gasteiger partial charge in [-0.1, -0.05) is 0 Å². The SMILES string of the molecule is CC1(C)OCC(CCOc2cc([N+](=O)[O-])ccc2O)O1. The van der Waals surface area contributed by atoms with E-state index in [1.54, 1.807) is 0 Å². The molecule has 0 bridgehead atoms. The molecule has 1 heterocycles. The zero-order valence-electron chi connectivity index (χ0n) is 11.4. The Labute approximate surface area is 116 Å². The Morgan fingerprint density at radius 3 is 2.90 bits per heavy atom. The van der Waals surface area contributed by atoms with Crippen LogP contribution in [0, 0.1) is 10.1 Å². The minimum absolute atomic E-state index is 0.0779. The molecule has 1 unspecified atom stereocenters. The van der Waals surface area contributed by atoms with Crippen LogP contribution in [-0.4, -0.2) is 35.1 Å². The van der Waals surface area contributed by atoms with Crippen molar-refractivity contribution >= 4 is 5.69 Å². The van der Waals surface area contributed by atoms with Crippen LogP contribution in [0.5, 0.6) is 11.5 Å². The molecule has 1 saturated heterocycles. The fourth-order valence-corrected chi connectivity index (χ4v) is 1.94. The van der Waals surface area contributed by atoms with E-state index in [2.05, 4.69) is 0 Å². The largest absolute Gasteiger partial charge is 0.504 e. The van der Waals surface area contributed by atoms with E-state index in [1.807, 2.05) is 13.8 Å². The minimum atomic E-state index is -0.585. The number of nitro benzene ring substituents is 1. The summed E-state index contributed by atoms with van der Waals surface area (Å²) in [4.78, 5) is 10.1. The Bertz CT molecular complexity index is 502. The van der Waals surface area contributed by atoms with E-state index in [1.165, 1.54) is 18.2 Å². The van der Waals surface area contributed by atoms with Crippen molar-refractivity contribution in [3.63, 3.8) is 0 Å². The average Bonchev–Trinajstić information content (AvgIpc) is 2.71. The van der Waals surface area contributed by atoms with Crippen LogP contribution >= 0.6 is 0 Å². The fraction of sp³-hybridized carbons (Fsp3) is 0.538. The molecule has 1 aliphatic rings. The van der Waals surface area contributed by atoms with Crippen LogP contribution in [0.2, 0.25) is 0 Å². The van der Waals surface area contributed by atoms with Crippen LogP contribution in [0.4, 0.5) is 5.69 Å². The first-order valence-corrected chi connectivity index (χ1v) is 6.29. The normalized spacial score (nSPS) is 20.8. The fourth-order valence-electron chi connectivity index (χ4n) is 1.94. The highest BCUT2D eigenvalue weighted by atomic mass is 16.7. The molecule has 110 valence electrons. The number of hydrogen-bond acceptors (Lipinski definition) is 6. The zero-order valence-corrected chi connectivity index (χ0v) is 11.4. The Morgan fingerprint density at radius 2 is 2.30 bits per heavy atom. The van der Waals surface area contributed by atoms with E-state index in [9.17, 15) is 15.2 Å². The highest BCUT2D eigenvalue weighted by Crippen LogP contribution is 2.30. The van der Waals surface area contributed by atoms with Gasteiger partial charge < -0.3 is 19.3 Å². The lowest BCUT2D eigenvalue weighted by Crippen LogP contribution is -2.22. The molecular weight excluding hydrogens is 266 g/mol. The van der Waals surface area contributed by atoms with Gasteiger partial charge in [-0.25, -0.2) is 0 Å². The van der Waals surface area contributed by atoms with Crippen molar-refractivity contribution in [2.24, 2.45) is 0 Å². The molecule has 0 amide bonds. The van der Waals surface area contributed by atoms with E-state index in [0.717, 1.165) is 0 Å². The summed E-state index contributed by atoms with van der Waals surface area (Å²) in [5.41, 5.74) is -0.126. The summed E-state index contributed by atoms with van der Waals surface area (Å²) >= 11 is 0. The summed E-state index contributed by atoms with van der Waals surface area (Å²) in [5, 5.41) is 20.2. The van der Waals surface area contributed by atoms with Gasteiger partial charge in [-0.3, -0.25) is 10.1 Å². The lowest BCUT2D eigenvalue weighted by molar-refractivity contribution is -0.385. The molecule has 1 N–H and O–H groups in total. The highest BCUT2D eigenvalue weighted by molar-refractivity contribution is 5.47. The van der Waals surface area contributed by atoms with Crippen LogP contribution in [-0.2, 0) is 9.47 Å². The Balaban J connectivity index is 1.88. The summed E-state index contributed by atoms with van der Waals surface area (Å²) in [5.74, 6) is -0.616. The van der Waals surface area contributed by atoms with Gasteiger partial charge in [0.2, 0.25) is 0 Å². The molecule has 2 rings (SSSR count). The quantitative estimate of drug-likeness (QED) is 0.658. The number of rotatable bonds is 5. The first-order valence-electron chi connectivity index (χ1n) is 6.29. The second-order valence-corrected chi connectivity index (χ2v) is 5.00. The van der Waals surface area contributed by atoms with Gasteiger partial charge in [0.05, 0.1) is 30.3 Å². The Morgan fingerprint density at radius 1 is 1.55 bits per heavy atom. The van der Waals surface area contributed by atoms with Gasteiger partial charge in [0.25, 0.3) is 5.69 Å². The van der Waals surface area contributed by atoms with Gasteiger partial charge in [0, 0.05) is 12.5 Å². The number of aromatic hydroxyl groups is 1. The molecule has 0 spiro atoms. The van der Waals surface area contributed by atoms with Gasteiger partial charge in [-0.2, -0.15) is 0 Å². The van der Waals surface area contributed by atoms with Crippen molar-refractivity contribution in [3.05, 3.63) is 28.3 Å². The number of benzene rings is 1. The number of phenols is 1. The van der Waals surface area contributed by atoms with Crippen LogP contribution in [0.15, 0.2) is 18.2 Å². The number of phenolic OH excluding ortho intramolecular Hbond substituents is 1. The number of hydrogen-bond donors (Lipinski definition) is 1. The molecule has 1 aliphatic heterocycles. The van der Waals surface area contributed by atoms with E-state index >= 15 is 0 Å². The maximum absolute atomic E-state index is 10.7. The summed E-state index contributed by atoms with van der Waals surface area (Å²) in [6, 6.07) is 3.66. The average molecular weight is 283 g/mol. The Hall–Kier alpha value is -1.86. The van der Waals surface area contributed by atoms with Crippen LogP contribution in [0.1, 0.15) is 20.3 Å². The monoisotopic (exact) mass is 283 g/mol. The van der Waals surface area contributed by atoms with E-state index in [0.29, 0.717) is 13.0 Å². The van der Waals surface area contributed by atoms with Gasteiger partial charge >= 0.3 is 0 Å². The first kappa shape index (κ1) is 14.5. The molecule has 1 atom stereocenters. The molecule has 0 radical (unpaired) electrons. The van der Waals surface area contributed by atoms with Crippen molar-refractivity contribution in [2.45, 2.75) is 32.2 Å². The number of ether oxygens (including phenoxy) is 3. The van der Waals surface area contributed by atoms with Crippen molar-refractivity contribution in [1.29, 1.82) is 0 Å². The van der Waals surface area contributed by atoms with Gasteiger partial charge in [0.15, 0.2) is 17.3 Å². The second kappa shape index (κ2) is 5.64. The highest BCUT2D eigenvalue weighted by Gasteiger charge is 2.32. The number of non-ortho nitro benzene ring substituents is 1. The minimum Gasteiger partial charge on any atom is -0.504 e.